The van der Waals surface area contributed by atoms with Gasteiger partial charge in [-0.1, -0.05) is 13.8 Å². The fourth-order valence-electron chi connectivity index (χ4n) is 2.60. The number of hydrogen-bond donors (Lipinski definition) is 3. The highest BCUT2D eigenvalue weighted by Crippen LogP contribution is 2.29. The number of nitrogens with one attached hydrogen (secondary N) is 1. The highest BCUT2D eigenvalue weighted by molar-refractivity contribution is 9.10. The van der Waals surface area contributed by atoms with Crippen LogP contribution in [0.1, 0.15) is 27.2 Å². The van der Waals surface area contributed by atoms with Crippen molar-refractivity contribution in [2.75, 3.05) is 17.6 Å². The summed E-state index contributed by atoms with van der Waals surface area (Å²) in [5, 5.41) is 14.6. The van der Waals surface area contributed by atoms with Crippen LogP contribution in [0.2, 0.25) is 0 Å². The molecule has 0 aliphatic heterocycles. The van der Waals surface area contributed by atoms with Crippen molar-refractivity contribution < 1.29 is 5.11 Å². The maximum atomic E-state index is 10.4. The first-order valence-corrected chi connectivity index (χ1v) is 7.88. The second-order valence-electron chi connectivity index (χ2n) is 6.20. The topological polar surface area (TPSA) is 71.2 Å². The van der Waals surface area contributed by atoms with Crippen molar-refractivity contribution in [3.05, 3.63) is 28.9 Å². The first-order valence-electron chi connectivity index (χ1n) is 7.08. The summed E-state index contributed by atoms with van der Waals surface area (Å²) in [6.45, 7) is 6.53. The molecular weight excluding hydrogens is 330 g/mol. The third-order valence-electron chi connectivity index (χ3n) is 3.36. The Kier molecular flexibility index (Phi) is 4.74. The molecule has 4 nitrogen and oxygen atoms in total. The van der Waals surface area contributed by atoms with Crippen molar-refractivity contribution in [3.63, 3.8) is 0 Å². The normalized spacial score (nSPS) is 14.4. The molecule has 2 rings (SSSR count). The van der Waals surface area contributed by atoms with E-state index in [-0.39, 0.29) is 0 Å². The lowest BCUT2D eigenvalue weighted by atomic mass is 9.94. The molecule has 0 saturated carbocycles. The molecule has 0 fully saturated rings. The average Bonchev–Trinajstić information content (AvgIpc) is 2.37. The van der Waals surface area contributed by atoms with E-state index in [4.69, 9.17) is 5.73 Å². The highest BCUT2D eigenvalue weighted by Gasteiger charge is 2.22. The molecule has 0 aliphatic rings. The molecule has 1 heterocycles. The first kappa shape index (κ1) is 16.0. The number of nitrogen functional groups attached to an aromatic ring is 1. The van der Waals surface area contributed by atoms with E-state index in [0.717, 1.165) is 27.5 Å². The molecule has 1 aromatic heterocycles. The van der Waals surface area contributed by atoms with E-state index in [9.17, 15) is 5.11 Å². The average molecular weight is 352 g/mol. The Labute approximate surface area is 133 Å². The van der Waals surface area contributed by atoms with Crippen LogP contribution in [-0.4, -0.2) is 22.2 Å². The SMILES string of the molecule is CC(C)CC(C)(O)CNc1ccc(N)c2cc(Br)cnc12. The number of pyridine rings is 1. The van der Waals surface area contributed by atoms with E-state index in [0.29, 0.717) is 18.2 Å². The number of nitrogens with two attached hydrogens (primary N) is 1. The van der Waals surface area contributed by atoms with Crippen LogP contribution < -0.4 is 11.1 Å². The molecule has 0 spiro atoms. The number of benzene rings is 1. The second kappa shape index (κ2) is 6.20. The van der Waals surface area contributed by atoms with Crippen LogP contribution in [0.15, 0.2) is 28.9 Å². The third-order valence-corrected chi connectivity index (χ3v) is 3.79. The predicted octanol–water partition coefficient (Wildman–Crippen LogP) is 3.79. The van der Waals surface area contributed by atoms with Gasteiger partial charge < -0.3 is 16.2 Å². The van der Waals surface area contributed by atoms with Gasteiger partial charge in [0, 0.05) is 28.3 Å². The van der Waals surface area contributed by atoms with Gasteiger partial charge in [-0.05, 0) is 53.4 Å². The molecule has 1 atom stereocenters. The summed E-state index contributed by atoms with van der Waals surface area (Å²) < 4.78 is 0.894. The number of aromatic nitrogens is 1. The summed E-state index contributed by atoms with van der Waals surface area (Å²) in [6, 6.07) is 5.72. The lowest BCUT2D eigenvalue weighted by molar-refractivity contribution is 0.0516. The van der Waals surface area contributed by atoms with Gasteiger partial charge >= 0.3 is 0 Å². The summed E-state index contributed by atoms with van der Waals surface area (Å²) >= 11 is 3.41. The number of aliphatic hydroxyl groups is 1. The minimum Gasteiger partial charge on any atom is -0.398 e. The van der Waals surface area contributed by atoms with Crippen LogP contribution in [0, 0.1) is 5.92 Å². The molecule has 0 amide bonds. The maximum absolute atomic E-state index is 10.4. The fraction of sp³-hybridized carbons (Fsp3) is 0.438. The number of nitrogens with zero attached hydrogens (tertiary/aromatic N) is 1. The summed E-state index contributed by atoms with van der Waals surface area (Å²) in [5.41, 5.74) is 7.65. The molecule has 2 aromatic rings. The van der Waals surface area contributed by atoms with Crippen molar-refractivity contribution >= 4 is 38.2 Å². The zero-order chi connectivity index (χ0) is 15.6. The lowest BCUT2D eigenvalue weighted by Crippen LogP contribution is -2.34. The Morgan fingerprint density at radius 3 is 2.81 bits per heavy atom. The van der Waals surface area contributed by atoms with E-state index in [1.54, 1.807) is 6.20 Å². The van der Waals surface area contributed by atoms with Crippen molar-refractivity contribution in [2.45, 2.75) is 32.8 Å². The fourth-order valence-corrected chi connectivity index (χ4v) is 2.93. The molecular formula is C16H22BrN3O. The number of hydrogen-bond acceptors (Lipinski definition) is 4. The molecule has 0 aliphatic carbocycles. The lowest BCUT2D eigenvalue weighted by Gasteiger charge is -2.26. The van der Waals surface area contributed by atoms with E-state index in [1.165, 1.54) is 0 Å². The minimum absolute atomic E-state index is 0.444. The molecule has 0 saturated heterocycles. The molecule has 1 unspecified atom stereocenters. The van der Waals surface area contributed by atoms with Crippen LogP contribution in [0.3, 0.4) is 0 Å². The van der Waals surface area contributed by atoms with Gasteiger partial charge in [0.15, 0.2) is 0 Å². The zero-order valence-electron chi connectivity index (χ0n) is 12.7. The minimum atomic E-state index is -0.753. The standard InChI is InChI=1S/C16H22BrN3O/c1-10(2)7-16(3,21)9-20-14-5-4-13(18)12-6-11(17)8-19-15(12)14/h4-6,8,10,20-21H,7,9,18H2,1-3H3. The number of halogens is 1. The van der Waals surface area contributed by atoms with Gasteiger partial charge in [0.05, 0.1) is 16.8 Å². The summed E-state index contributed by atoms with van der Waals surface area (Å²) in [7, 11) is 0. The van der Waals surface area contributed by atoms with Crippen LogP contribution in [-0.2, 0) is 0 Å². The smallest absolute Gasteiger partial charge is 0.0954 e. The molecule has 0 radical (unpaired) electrons. The molecule has 0 bridgehead atoms. The van der Waals surface area contributed by atoms with Gasteiger partial charge in [-0.2, -0.15) is 0 Å². The molecule has 1 aromatic carbocycles. The Balaban J connectivity index is 2.25. The van der Waals surface area contributed by atoms with Crippen LogP contribution in [0.4, 0.5) is 11.4 Å². The van der Waals surface area contributed by atoms with Crippen molar-refractivity contribution in [2.24, 2.45) is 5.92 Å². The number of anilines is 2. The Morgan fingerprint density at radius 2 is 2.14 bits per heavy atom. The van der Waals surface area contributed by atoms with E-state index < -0.39 is 5.60 Å². The van der Waals surface area contributed by atoms with E-state index >= 15 is 0 Å². The second-order valence-corrected chi connectivity index (χ2v) is 7.12. The summed E-state index contributed by atoms with van der Waals surface area (Å²) in [6.07, 6.45) is 2.49. The molecule has 114 valence electrons. The highest BCUT2D eigenvalue weighted by atomic mass is 79.9. The zero-order valence-corrected chi connectivity index (χ0v) is 14.2. The molecule has 21 heavy (non-hydrogen) atoms. The first-order chi connectivity index (χ1) is 9.78. The largest absolute Gasteiger partial charge is 0.398 e. The van der Waals surface area contributed by atoms with E-state index in [2.05, 4.69) is 40.1 Å². The van der Waals surface area contributed by atoms with E-state index in [1.807, 2.05) is 25.1 Å². The van der Waals surface area contributed by atoms with Crippen LogP contribution >= 0.6 is 15.9 Å². The Bertz CT molecular complexity index is 641. The van der Waals surface area contributed by atoms with Crippen molar-refractivity contribution in [3.8, 4) is 0 Å². The molecule has 5 heteroatoms. The summed E-state index contributed by atoms with van der Waals surface area (Å²) in [5.74, 6) is 0.444. The van der Waals surface area contributed by atoms with Gasteiger partial charge in [0.25, 0.3) is 0 Å². The van der Waals surface area contributed by atoms with Gasteiger partial charge in [-0.3, -0.25) is 4.98 Å². The molecule has 4 N–H and O–H groups in total. The van der Waals surface area contributed by atoms with Crippen molar-refractivity contribution in [1.29, 1.82) is 0 Å². The van der Waals surface area contributed by atoms with Gasteiger partial charge in [-0.25, -0.2) is 0 Å². The van der Waals surface area contributed by atoms with Crippen LogP contribution in [0.25, 0.3) is 10.9 Å². The third kappa shape index (κ3) is 4.08. The summed E-state index contributed by atoms with van der Waals surface area (Å²) in [4.78, 5) is 4.43. The Morgan fingerprint density at radius 1 is 1.43 bits per heavy atom. The van der Waals surface area contributed by atoms with Crippen LogP contribution in [0.5, 0.6) is 0 Å². The predicted molar refractivity (Wildman–Crippen MR) is 92.4 cm³/mol. The van der Waals surface area contributed by atoms with Gasteiger partial charge in [-0.15, -0.1) is 0 Å². The number of rotatable bonds is 5. The van der Waals surface area contributed by atoms with Gasteiger partial charge in [0.1, 0.15) is 0 Å². The van der Waals surface area contributed by atoms with Crippen molar-refractivity contribution in [1.82, 2.24) is 4.98 Å². The quantitative estimate of drug-likeness (QED) is 0.716. The Hall–Kier alpha value is -1.33. The monoisotopic (exact) mass is 351 g/mol. The number of fused-ring (bicyclic) bond motifs is 1. The van der Waals surface area contributed by atoms with Gasteiger partial charge in [0.2, 0.25) is 0 Å². The maximum Gasteiger partial charge on any atom is 0.0954 e.